The fraction of sp³-hybridized carbons (Fsp3) is 0.400. The molecule has 0 N–H and O–H groups in total. The fourth-order valence-corrected chi connectivity index (χ4v) is 2.88. The van der Waals surface area contributed by atoms with Crippen molar-refractivity contribution in [1.82, 2.24) is 0 Å². The molecule has 0 aromatic heterocycles. The van der Waals surface area contributed by atoms with Crippen LogP contribution in [-0.2, 0) is 9.63 Å². The number of rotatable bonds is 4. The van der Waals surface area contributed by atoms with Crippen LogP contribution in [0.2, 0.25) is 0 Å². The van der Waals surface area contributed by atoms with Crippen molar-refractivity contribution >= 4 is 9.63 Å². The average molecular weight is 376 g/mol. The minimum Gasteiger partial charge on any atom is -0.791 e. The molecule has 0 unspecified atom stereocenters. The van der Waals surface area contributed by atoms with Crippen LogP contribution >= 0.6 is 0 Å². The Hall–Kier alpha value is -1.34. The molecule has 0 radical (unpaired) electrons. The Bertz CT molecular complexity index is 647. The standard InChI is InChI=1S/C10H7F9O3S/c11-7(12,9(15,16)17)8(13,14)10(18,19)23(20,21,22)6-4-2-1-3-5-6/h1-5H,(H2,20,21,22)/p-2. The summed E-state index contributed by atoms with van der Waals surface area (Å²) in [5.74, 6) is -15.0. The minimum absolute atomic E-state index is 0.0601. The van der Waals surface area contributed by atoms with Crippen molar-refractivity contribution < 1.29 is 52.8 Å². The number of halogens is 9. The molecule has 1 aromatic rings. The van der Waals surface area contributed by atoms with E-state index in [9.17, 15) is 52.8 Å². The van der Waals surface area contributed by atoms with Gasteiger partial charge in [-0.3, -0.25) is 4.21 Å². The lowest BCUT2D eigenvalue weighted by Gasteiger charge is -2.61. The number of hydrogen-bond acceptors (Lipinski definition) is 3. The molecule has 13 heteroatoms. The van der Waals surface area contributed by atoms with Gasteiger partial charge in [0, 0.05) is 0 Å². The van der Waals surface area contributed by atoms with Crippen LogP contribution in [0.5, 0.6) is 0 Å². The van der Waals surface area contributed by atoms with Gasteiger partial charge >= 0.3 is 23.3 Å². The van der Waals surface area contributed by atoms with E-state index in [2.05, 4.69) is 0 Å². The first-order valence-electron chi connectivity index (χ1n) is 5.27. The van der Waals surface area contributed by atoms with Crippen LogP contribution in [0.25, 0.3) is 0 Å². The fourth-order valence-electron chi connectivity index (χ4n) is 1.39. The lowest BCUT2D eigenvalue weighted by atomic mass is 10.1. The van der Waals surface area contributed by atoms with Crippen LogP contribution in [-0.4, -0.2) is 36.6 Å². The maximum atomic E-state index is 13.5. The smallest absolute Gasteiger partial charge is 0.460 e. The summed E-state index contributed by atoms with van der Waals surface area (Å²) in [6, 6.07) is 2.28. The number of benzene rings is 1. The highest BCUT2D eigenvalue weighted by atomic mass is 32.3. The monoisotopic (exact) mass is 376 g/mol. The van der Waals surface area contributed by atoms with Crippen LogP contribution in [0.4, 0.5) is 39.5 Å². The highest BCUT2D eigenvalue weighted by Crippen LogP contribution is 2.60. The molecule has 0 amide bonds. The summed E-state index contributed by atoms with van der Waals surface area (Å²) in [5, 5.41) is -7.29. The Labute approximate surface area is 122 Å². The first-order valence-corrected chi connectivity index (χ1v) is 7.09. The van der Waals surface area contributed by atoms with Crippen LogP contribution in [0.15, 0.2) is 35.2 Å². The van der Waals surface area contributed by atoms with Crippen molar-refractivity contribution in [2.75, 3.05) is 0 Å². The van der Waals surface area contributed by atoms with E-state index in [1.165, 1.54) is 0 Å². The van der Waals surface area contributed by atoms with E-state index in [-0.39, 0.29) is 12.1 Å². The largest absolute Gasteiger partial charge is 0.791 e. The molecule has 0 bridgehead atoms. The van der Waals surface area contributed by atoms with E-state index in [1.54, 1.807) is 0 Å². The average Bonchev–Trinajstić information content (AvgIpc) is 2.37. The summed E-state index contributed by atoms with van der Waals surface area (Å²) in [6.45, 7) is 0. The molecule has 134 valence electrons. The molecule has 0 atom stereocenters. The van der Waals surface area contributed by atoms with Gasteiger partial charge in [-0.25, -0.2) is 0 Å². The molecule has 0 aliphatic rings. The lowest BCUT2D eigenvalue weighted by Crippen LogP contribution is -2.69. The first-order chi connectivity index (χ1) is 9.89. The van der Waals surface area contributed by atoms with Gasteiger partial charge in [-0.15, -0.1) is 9.63 Å². The van der Waals surface area contributed by atoms with Crippen molar-refractivity contribution in [2.45, 2.75) is 28.2 Å². The molecule has 1 aromatic carbocycles. The Kier molecular flexibility index (Phi) is 4.14. The molecule has 0 fully saturated rings. The van der Waals surface area contributed by atoms with E-state index in [1.807, 2.05) is 0 Å². The zero-order chi connectivity index (χ0) is 18.6. The summed E-state index contributed by atoms with van der Waals surface area (Å²) in [4.78, 5) is -2.08. The van der Waals surface area contributed by atoms with Crippen molar-refractivity contribution in [1.29, 1.82) is 0 Å². The van der Waals surface area contributed by atoms with Gasteiger partial charge in [-0.1, -0.05) is 18.2 Å². The van der Waals surface area contributed by atoms with Crippen molar-refractivity contribution in [3.05, 3.63) is 30.3 Å². The SMILES string of the molecule is O=S([O-])([O-])(c1ccccc1)C(F)(F)C(F)(F)C(F)(F)C(F)(F)F. The summed E-state index contributed by atoms with van der Waals surface area (Å²) in [6.07, 6.45) is -7.23. The molecule has 1 rings (SSSR count). The maximum Gasteiger partial charge on any atom is 0.460 e. The third kappa shape index (κ3) is 2.50. The Morgan fingerprint density at radius 1 is 0.739 bits per heavy atom. The van der Waals surface area contributed by atoms with Gasteiger partial charge in [0.1, 0.15) is 0 Å². The van der Waals surface area contributed by atoms with Crippen molar-refractivity contribution in [3.8, 4) is 0 Å². The molecule has 0 aliphatic carbocycles. The third-order valence-electron chi connectivity index (χ3n) is 2.71. The molecule has 0 aliphatic heterocycles. The molecule has 0 heterocycles. The predicted molar refractivity (Wildman–Crippen MR) is 55.3 cm³/mol. The first kappa shape index (κ1) is 19.7. The lowest BCUT2D eigenvalue weighted by molar-refractivity contribution is -0.384. The second kappa shape index (κ2) is 4.83. The number of alkyl halides is 9. The Balaban J connectivity index is 3.66. The second-order valence-electron chi connectivity index (χ2n) is 4.28. The van der Waals surface area contributed by atoms with Crippen molar-refractivity contribution in [3.63, 3.8) is 0 Å². The number of hydrogen-bond donors (Lipinski definition) is 0. The van der Waals surface area contributed by atoms with Gasteiger partial charge in [0.05, 0.1) is 0 Å². The predicted octanol–water partition coefficient (Wildman–Crippen LogP) is 3.55. The highest BCUT2D eigenvalue weighted by molar-refractivity contribution is 8.11. The number of sulfone groups is 3. The van der Waals surface area contributed by atoms with Crippen LogP contribution < -0.4 is 0 Å². The molecule has 3 nitrogen and oxygen atoms in total. The van der Waals surface area contributed by atoms with Crippen LogP contribution in [0.3, 0.4) is 0 Å². The highest BCUT2D eigenvalue weighted by Gasteiger charge is 2.84. The molecular formula is C10H5F9O3S-2. The summed E-state index contributed by atoms with van der Waals surface area (Å²) < 4.78 is 148. The molecule has 0 saturated heterocycles. The van der Waals surface area contributed by atoms with E-state index < -0.39 is 37.8 Å². The Morgan fingerprint density at radius 2 is 1.13 bits per heavy atom. The summed E-state index contributed by atoms with van der Waals surface area (Å²) >= 11 is 0. The molecule has 0 saturated carbocycles. The van der Waals surface area contributed by atoms with Gasteiger partial charge < -0.3 is 9.11 Å². The van der Waals surface area contributed by atoms with Gasteiger partial charge in [0.25, 0.3) is 0 Å². The molecule has 0 spiro atoms. The zero-order valence-electron chi connectivity index (χ0n) is 10.4. The summed E-state index contributed by atoms with van der Waals surface area (Å²) in [5.41, 5.74) is 0. The van der Waals surface area contributed by atoms with E-state index in [0.29, 0.717) is 12.1 Å². The Morgan fingerprint density at radius 3 is 1.48 bits per heavy atom. The zero-order valence-corrected chi connectivity index (χ0v) is 11.2. The van der Waals surface area contributed by atoms with Gasteiger partial charge in [0.2, 0.25) is 0 Å². The van der Waals surface area contributed by atoms with E-state index >= 15 is 0 Å². The van der Waals surface area contributed by atoms with E-state index in [4.69, 9.17) is 0 Å². The summed E-state index contributed by atoms with van der Waals surface area (Å²) in [7, 11) is -8.64. The normalized spacial score (nSPS) is 16.7. The van der Waals surface area contributed by atoms with Crippen LogP contribution in [0.1, 0.15) is 0 Å². The quantitative estimate of drug-likeness (QED) is 0.755. The molecular weight excluding hydrogens is 371 g/mol. The minimum atomic E-state index is -8.64. The van der Waals surface area contributed by atoms with Crippen LogP contribution in [0, 0.1) is 0 Å². The van der Waals surface area contributed by atoms with Gasteiger partial charge in [-0.2, -0.15) is 39.5 Å². The second-order valence-corrected chi connectivity index (χ2v) is 6.88. The third-order valence-corrected chi connectivity index (χ3v) is 4.93. The molecule has 23 heavy (non-hydrogen) atoms. The van der Waals surface area contributed by atoms with Gasteiger partial charge in [-0.05, 0) is 17.0 Å². The van der Waals surface area contributed by atoms with E-state index in [0.717, 1.165) is 6.07 Å². The topological polar surface area (TPSA) is 63.2 Å². The van der Waals surface area contributed by atoms with Crippen molar-refractivity contribution in [2.24, 2.45) is 0 Å². The van der Waals surface area contributed by atoms with Gasteiger partial charge in [0.15, 0.2) is 0 Å². The maximum absolute atomic E-state index is 13.5.